The molecule has 0 spiro atoms. The minimum Gasteiger partial charge on any atom is -0.467 e. The number of aromatic nitrogens is 3. The lowest BCUT2D eigenvalue weighted by Gasteiger charge is -2.13. The van der Waals surface area contributed by atoms with E-state index in [1.807, 2.05) is 19.1 Å². The van der Waals surface area contributed by atoms with Crippen LogP contribution >= 0.6 is 0 Å². The maximum Gasteiger partial charge on any atom is 0.240 e. The van der Waals surface area contributed by atoms with Crippen molar-refractivity contribution in [1.82, 2.24) is 15.2 Å². The predicted octanol–water partition coefficient (Wildman–Crippen LogP) is 2.35. The number of rotatable bonds is 6. The van der Waals surface area contributed by atoms with Crippen molar-refractivity contribution >= 4 is 5.95 Å². The van der Waals surface area contributed by atoms with Crippen LogP contribution in [0.25, 0.3) is 11.3 Å². The Labute approximate surface area is 135 Å². The summed E-state index contributed by atoms with van der Waals surface area (Å²) in [5, 5.41) is 8.14. The Balaban J connectivity index is 2.03. The molecule has 0 radical (unpaired) electrons. The second-order valence-electron chi connectivity index (χ2n) is 5.29. The molecule has 1 heterocycles. The van der Waals surface area contributed by atoms with Gasteiger partial charge < -0.3 is 15.2 Å². The van der Waals surface area contributed by atoms with Crippen molar-refractivity contribution in [2.45, 2.75) is 25.7 Å². The Bertz CT molecular complexity index is 751. The zero-order valence-corrected chi connectivity index (χ0v) is 13.0. The first-order chi connectivity index (χ1) is 11.2. The van der Waals surface area contributed by atoms with Gasteiger partial charge >= 0.3 is 0 Å². The fraction of sp³-hybridized carbons (Fsp3) is 0.353. The van der Waals surface area contributed by atoms with E-state index in [0.29, 0.717) is 24.0 Å². The lowest BCUT2D eigenvalue weighted by atomic mass is 10.0. The van der Waals surface area contributed by atoms with Gasteiger partial charge in [-0.3, -0.25) is 0 Å². The number of terminal acetylenes is 1. The molecule has 0 aliphatic heterocycles. The lowest BCUT2D eigenvalue weighted by molar-refractivity contribution is 0.0227. The third-order valence-electron chi connectivity index (χ3n) is 3.60. The summed E-state index contributed by atoms with van der Waals surface area (Å²) in [6.07, 6.45) is 7.65. The van der Waals surface area contributed by atoms with Gasteiger partial charge in [0.25, 0.3) is 0 Å². The number of hydrogen-bond donors (Lipinski definition) is 1. The van der Waals surface area contributed by atoms with Crippen LogP contribution in [0.1, 0.15) is 36.9 Å². The monoisotopic (exact) mass is 310 g/mol. The molecule has 1 aromatic carbocycles. The highest BCUT2D eigenvalue weighted by Crippen LogP contribution is 2.44. The SMILES string of the molecule is C#Cc1ccc(-c2nnc(N)nc2C2CC2)c(OCOCC)c1. The van der Waals surface area contributed by atoms with E-state index in [1.54, 1.807) is 6.07 Å². The number of nitrogens with two attached hydrogens (primary N) is 1. The normalized spacial score (nSPS) is 13.6. The molecule has 2 N–H and O–H groups in total. The Kier molecular flexibility index (Phi) is 4.40. The molecule has 0 unspecified atom stereocenters. The number of anilines is 1. The first-order valence-electron chi connectivity index (χ1n) is 7.54. The van der Waals surface area contributed by atoms with Gasteiger partial charge in [-0.1, -0.05) is 5.92 Å². The summed E-state index contributed by atoms with van der Waals surface area (Å²) in [5.74, 6) is 3.78. The standard InChI is InChI=1S/C17H18N4O2/c1-3-11-5-8-13(14(9-11)23-10-22-4-2)16-15(12-6-7-12)19-17(18)21-20-16/h1,5,8-9,12H,4,6-7,10H2,2H3,(H2,18,19,21). The highest BCUT2D eigenvalue weighted by atomic mass is 16.7. The molecule has 118 valence electrons. The summed E-state index contributed by atoms with van der Waals surface area (Å²) in [6.45, 7) is 2.62. The molecular weight excluding hydrogens is 292 g/mol. The van der Waals surface area contributed by atoms with Gasteiger partial charge in [0.05, 0.1) is 5.69 Å². The van der Waals surface area contributed by atoms with Crippen LogP contribution in [0.5, 0.6) is 5.75 Å². The molecule has 1 fully saturated rings. The lowest BCUT2D eigenvalue weighted by Crippen LogP contribution is -2.07. The Morgan fingerprint density at radius 3 is 2.87 bits per heavy atom. The smallest absolute Gasteiger partial charge is 0.240 e. The zero-order valence-electron chi connectivity index (χ0n) is 13.0. The zero-order chi connectivity index (χ0) is 16.2. The van der Waals surface area contributed by atoms with Crippen molar-refractivity contribution in [2.24, 2.45) is 0 Å². The first kappa shape index (κ1) is 15.3. The molecule has 1 saturated carbocycles. The summed E-state index contributed by atoms with van der Waals surface area (Å²) in [5.41, 5.74) is 8.77. The van der Waals surface area contributed by atoms with E-state index < -0.39 is 0 Å². The summed E-state index contributed by atoms with van der Waals surface area (Å²) < 4.78 is 11.0. The molecule has 2 aromatic rings. The van der Waals surface area contributed by atoms with Crippen molar-refractivity contribution in [3.63, 3.8) is 0 Å². The van der Waals surface area contributed by atoms with E-state index >= 15 is 0 Å². The van der Waals surface area contributed by atoms with E-state index in [2.05, 4.69) is 21.1 Å². The van der Waals surface area contributed by atoms with Crippen LogP contribution in [0.2, 0.25) is 0 Å². The molecule has 23 heavy (non-hydrogen) atoms. The average molecular weight is 310 g/mol. The molecule has 0 amide bonds. The van der Waals surface area contributed by atoms with Gasteiger partial charge in [0.15, 0.2) is 6.79 Å². The third-order valence-corrected chi connectivity index (χ3v) is 3.60. The van der Waals surface area contributed by atoms with Gasteiger partial charge in [-0.25, -0.2) is 4.98 Å². The molecule has 1 aliphatic carbocycles. The van der Waals surface area contributed by atoms with Gasteiger partial charge in [-0.15, -0.1) is 16.6 Å². The van der Waals surface area contributed by atoms with Gasteiger partial charge in [-0.05, 0) is 38.0 Å². The fourth-order valence-corrected chi connectivity index (χ4v) is 2.30. The quantitative estimate of drug-likeness (QED) is 0.501. The number of ether oxygens (including phenoxy) is 2. The van der Waals surface area contributed by atoms with E-state index in [1.165, 1.54) is 0 Å². The van der Waals surface area contributed by atoms with Gasteiger partial charge in [0.1, 0.15) is 11.4 Å². The van der Waals surface area contributed by atoms with Crippen molar-refractivity contribution in [2.75, 3.05) is 19.1 Å². The Morgan fingerprint density at radius 2 is 2.17 bits per heavy atom. The highest BCUT2D eigenvalue weighted by molar-refractivity contribution is 5.71. The van der Waals surface area contributed by atoms with Crippen LogP contribution in [-0.2, 0) is 4.74 Å². The van der Waals surface area contributed by atoms with Crippen LogP contribution in [0, 0.1) is 12.3 Å². The van der Waals surface area contributed by atoms with Crippen molar-refractivity contribution in [3.05, 3.63) is 29.5 Å². The maximum atomic E-state index is 5.72. The van der Waals surface area contributed by atoms with E-state index in [4.69, 9.17) is 21.6 Å². The first-order valence-corrected chi connectivity index (χ1v) is 7.54. The summed E-state index contributed by atoms with van der Waals surface area (Å²) in [6, 6.07) is 5.52. The number of hydrogen-bond acceptors (Lipinski definition) is 6. The molecular formula is C17H18N4O2. The number of nitrogen functional groups attached to an aromatic ring is 1. The Morgan fingerprint density at radius 1 is 1.35 bits per heavy atom. The van der Waals surface area contributed by atoms with Crippen LogP contribution in [0.15, 0.2) is 18.2 Å². The topological polar surface area (TPSA) is 83.2 Å². The second-order valence-corrected chi connectivity index (χ2v) is 5.29. The van der Waals surface area contributed by atoms with Gasteiger partial charge in [0.2, 0.25) is 5.95 Å². The molecule has 0 saturated heterocycles. The average Bonchev–Trinajstić information content (AvgIpc) is 3.40. The maximum absolute atomic E-state index is 5.72. The highest BCUT2D eigenvalue weighted by Gasteiger charge is 2.30. The van der Waals surface area contributed by atoms with Crippen LogP contribution < -0.4 is 10.5 Å². The van der Waals surface area contributed by atoms with Gasteiger partial charge in [0, 0.05) is 23.7 Å². The predicted molar refractivity (Wildman–Crippen MR) is 86.7 cm³/mol. The summed E-state index contributed by atoms with van der Waals surface area (Å²) >= 11 is 0. The second kappa shape index (κ2) is 6.63. The molecule has 3 rings (SSSR count). The Hall–Kier alpha value is -2.65. The van der Waals surface area contributed by atoms with Crippen LogP contribution in [-0.4, -0.2) is 28.6 Å². The number of benzene rings is 1. The molecule has 0 atom stereocenters. The van der Waals surface area contributed by atoms with Gasteiger partial charge in [-0.2, -0.15) is 0 Å². The van der Waals surface area contributed by atoms with Crippen LogP contribution in [0.4, 0.5) is 5.95 Å². The number of nitrogens with zero attached hydrogens (tertiary/aromatic N) is 3. The molecule has 1 aliphatic rings. The minimum absolute atomic E-state index is 0.145. The summed E-state index contributed by atoms with van der Waals surface area (Å²) in [7, 11) is 0. The molecule has 0 bridgehead atoms. The van der Waals surface area contributed by atoms with E-state index in [9.17, 15) is 0 Å². The minimum atomic E-state index is 0.145. The fourth-order valence-electron chi connectivity index (χ4n) is 2.30. The van der Waals surface area contributed by atoms with Crippen molar-refractivity contribution in [3.8, 4) is 29.4 Å². The molecule has 1 aromatic heterocycles. The molecule has 6 nitrogen and oxygen atoms in total. The van der Waals surface area contributed by atoms with Crippen LogP contribution in [0.3, 0.4) is 0 Å². The third kappa shape index (κ3) is 3.41. The van der Waals surface area contributed by atoms with Crippen molar-refractivity contribution in [1.29, 1.82) is 0 Å². The van der Waals surface area contributed by atoms with E-state index in [0.717, 1.165) is 29.7 Å². The summed E-state index contributed by atoms with van der Waals surface area (Å²) in [4.78, 5) is 4.37. The van der Waals surface area contributed by atoms with E-state index in [-0.39, 0.29) is 12.7 Å². The van der Waals surface area contributed by atoms with Crippen molar-refractivity contribution < 1.29 is 9.47 Å². The largest absolute Gasteiger partial charge is 0.467 e. The molecule has 6 heteroatoms.